The van der Waals surface area contributed by atoms with Crippen LogP contribution >= 0.6 is 0 Å². The number of aliphatic hydroxyl groups is 2. The minimum Gasteiger partial charge on any atom is -0.396 e. The zero-order valence-corrected chi connectivity index (χ0v) is 16.9. The van der Waals surface area contributed by atoms with E-state index in [0.29, 0.717) is 29.6 Å². The first kappa shape index (κ1) is 20.9. The molecule has 1 saturated heterocycles. The molecular weight excluding hydrogens is 404 g/mol. The SMILES string of the molecule is O=C(CCn1c(=O)[nH]c(=O)c2ccccc21)N1CC(O)(c2cn(CCCCO)nn2)C1. The molecule has 0 bridgehead atoms. The van der Waals surface area contributed by atoms with E-state index in [-0.39, 0.29) is 38.6 Å². The van der Waals surface area contributed by atoms with E-state index in [4.69, 9.17) is 5.11 Å². The maximum Gasteiger partial charge on any atom is 0.328 e. The van der Waals surface area contributed by atoms with Crippen LogP contribution in [-0.4, -0.2) is 65.3 Å². The largest absolute Gasteiger partial charge is 0.396 e. The number of β-amino-alcohol motifs (C(OH)–C–C–N with tert-alkyl or cyclic N) is 1. The zero-order valence-electron chi connectivity index (χ0n) is 16.9. The van der Waals surface area contributed by atoms with Gasteiger partial charge in [-0.25, -0.2) is 4.79 Å². The molecule has 0 spiro atoms. The summed E-state index contributed by atoms with van der Waals surface area (Å²) in [4.78, 5) is 40.5. The molecule has 0 unspecified atom stereocenters. The van der Waals surface area contributed by atoms with Crippen LogP contribution in [0.3, 0.4) is 0 Å². The molecule has 1 aromatic carbocycles. The number of aryl methyl sites for hydroxylation is 2. The normalized spacial score (nSPS) is 15.2. The zero-order chi connectivity index (χ0) is 22.0. The number of aliphatic hydroxyl groups excluding tert-OH is 1. The van der Waals surface area contributed by atoms with Crippen LogP contribution in [0.15, 0.2) is 40.1 Å². The molecule has 11 nitrogen and oxygen atoms in total. The van der Waals surface area contributed by atoms with E-state index in [2.05, 4.69) is 15.3 Å². The number of aromatic amines is 1. The lowest BCUT2D eigenvalue weighted by Gasteiger charge is -2.45. The predicted octanol–water partition coefficient (Wildman–Crippen LogP) is -0.826. The third kappa shape index (κ3) is 4.14. The number of likely N-dealkylation sites (tertiary alicyclic amines) is 1. The summed E-state index contributed by atoms with van der Waals surface area (Å²) in [5.74, 6) is -0.206. The van der Waals surface area contributed by atoms with E-state index in [0.717, 1.165) is 6.42 Å². The van der Waals surface area contributed by atoms with Crippen molar-refractivity contribution in [3.05, 3.63) is 57.0 Å². The first-order chi connectivity index (χ1) is 14.9. The van der Waals surface area contributed by atoms with Crippen molar-refractivity contribution >= 4 is 16.8 Å². The number of hydrogen-bond donors (Lipinski definition) is 3. The van der Waals surface area contributed by atoms with Gasteiger partial charge in [0.05, 0.1) is 30.2 Å². The topological polar surface area (TPSA) is 146 Å². The van der Waals surface area contributed by atoms with Crippen molar-refractivity contribution < 1.29 is 15.0 Å². The lowest BCUT2D eigenvalue weighted by Crippen LogP contribution is -2.61. The van der Waals surface area contributed by atoms with Gasteiger partial charge in [-0.2, -0.15) is 0 Å². The van der Waals surface area contributed by atoms with Gasteiger partial charge in [-0.3, -0.25) is 23.8 Å². The Morgan fingerprint density at radius 3 is 2.71 bits per heavy atom. The van der Waals surface area contributed by atoms with Crippen LogP contribution in [-0.2, 0) is 23.5 Å². The summed E-state index contributed by atoms with van der Waals surface area (Å²) in [5.41, 5.74) is -1.38. The van der Waals surface area contributed by atoms with Crippen LogP contribution in [0.1, 0.15) is 25.0 Å². The fourth-order valence-corrected chi connectivity index (χ4v) is 3.76. The number of benzene rings is 1. The Bertz CT molecular complexity index is 1210. The van der Waals surface area contributed by atoms with E-state index >= 15 is 0 Å². The molecule has 1 fully saturated rings. The lowest BCUT2D eigenvalue weighted by molar-refractivity contribution is -0.158. The number of H-pyrrole nitrogens is 1. The standard InChI is InChI=1S/C20H24N6O5/c27-10-4-3-8-25-11-16(22-23-25)20(31)12-24(13-20)17(28)7-9-26-15-6-2-1-5-14(15)18(29)21-19(26)30/h1-2,5-6,11,27,31H,3-4,7-10,12-13H2,(H,21,29,30). The average Bonchev–Trinajstić information content (AvgIpc) is 3.21. The van der Waals surface area contributed by atoms with Gasteiger partial charge in [-0.1, -0.05) is 17.3 Å². The number of para-hydroxylation sites is 1. The summed E-state index contributed by atoms with van der Waals surface area (Å²) < 4.78 is 2.99. The molecule has 1 aliphatic heterocycles. The molecule has 3 N–H and O–H groups in total. The van der Waals surface area contributed by atoms with Gasteiger partial charge in [0.15, 0.2) is 0 Å². The summed E-state index contributed by atoms with van der Waals surface area (Å²) in [6.45, 7) is 1.02. The monoisotopic (exact) mass is 428 g/mol. The predicted molar refractivity (Wildman–Crippen MR) is 110 cm³/mol. The number of nitrogens with zero attached hydrogens (tertiary/aromatic N) is 5. The minimum atomic E-state index is -1.24. The number of hydrogen-bond acceptors (Lipinski definition) is 7. The number of nitrogens with one attached hydrogen (secondary N) is 1. The number of fused-ring (bicyclic) bond motifs is 1. The highest BCUT2D eigenvalue weighted by Crippen LogP contribution is 2.30. The van der Waals surface area contributed by atoms with Gasteiger partial charge in [-0.05, 0) is 25.0 Å². The van der Waals surface area contributed by atoms with Gasteiger partial charge in [-0.15, -0.1) is 5.10 Å². The Kier molecular flexibility index (Phi) is 5.70. The highest BCUT2D eigenvalue weighted by molar-refractivity contribution is 5.79. The minimum absolute atomic E-state index is 0.0554. The van der Waals surface area contributed by atoms with Gasteiger partial charge in [0.2, 0.25) is 5.91 Å². The summed E-state index contributed by atoms with van der Waals surface area (Å²) >= 11 is 0. The van der Waals surface area contributed by atoms with Gasteiger partial charge in [0.25, 0.3) is 5.56 Å². The summed E-state index contributed by atoms with van der Waals surface area (Å²) in [5, 5.41) is 28.0. The quantitative estimate of drug-likeness (QED) is 0.397. The number of unbranched alkanes of at least 4 members (excludes halogenated alkanes) is 1. The van der Waals surface area contributed by atoms with Crippen molar-refractivity contribution in [2.45, 2.75) is 38.0 Å². The lowest BCUT2D eigenvalue weighted by atomic mass is 9.90. The molecule has 0 radical (unpaired) electrons. The first-order valence-corrected chi connectivity index (χ1v) is 10.1. The van der Waals surface area contributed by atoms with E-state index in [1.54, 1.807) is 35.1 Å². The molecule has 4 rings (SSSR count). The fraction of sp³-hybridized carbons (Fsp3) is 0.450. The Labute approximate surface area is 176 Å². The molecule has 0 aliphatic carbocycles. The van der Waals surface area contributed by atoms with Gasteiger partial charge >= 0.3 is 5.69 Å². The van der Waals surface area contributed by atoms with E-state index in [1.165, 1.54) is 9.47 Å². The number of rotatable bonds is 8. The van der Waals surface area contributed by atoms with Gasteiger partial charge in [0, 0.05) is 26.1 Å². The molecule has 1 aliphatic rings. The summed E-state index contributed by atoms with van der Waals surface area (Å²) in [7, 11) is 0. The molecule has 164 valence electrons. The van der Waals surface area contributed by atoms with Crippen LogP contribution in [0, 0.1) is 0 Å². The second-order valence-electron chi connectivity index (χ2n) is 7.76. The third-order valence-corrected chi connectivity index (χ3v) is 5.52. The number of amides is 1. The first-order valence-electron chi connectivity index (χ1n) is 10.1. The van der Waals surface area contributed by atoms with Gasteiger partial charge in [0.1, 0.15) is 11.3 Å². The molecule has 1 amide bonds. The Morgan fingerprint density at radius 2 is 1.94 bits per heavy atom. The van der Waals surface area contributed by atoms with Gasteiger partial charge < -0.3 is 15.1 Å². The Balaban J connectivity index is 1.37. The van der Waals surface area contributed by atoms with Crippen molar-refractivity contribution in [3.63, 3.8) is 0 Å². The van der Waals surface area contributed by atoms with E-state index in [1.807, 2.05) is 0 Å². The van der Waals surface area contributed by atoms with Crippen LogP contribution in [0.25, 0.3) is 10.9 Å². The Hall–Kier alpha value is -3.31. The van der Waals surface area contributed by atoms with Crippen LogP contribution in [0.4, 0.5) is 0 Å². The van der Waals surface area contributed by atoms with E-state index < -0.39 is 16.9 Å². The number of aromatic nitrogens is 5. The van der Waals surface area contributed by atoms with Crippen LogP contribution in [0.5, 0.6) is 0 Å². The van der Waals surface area contributed by atoms with Crippen molar-refractivity contribution in [2.24, 2.45) is 0 Å². The summed E-state index contributed by atoms with van der Waals surface area (Å²) in [6.07, 6.45) is 3.13. The second kappa shape index (κ2) is 8.44. The smallest absolute Gasteiger partial charge is 0.328 e. The molecule has 31 heavy (non-hydrogen) atoms. The van der Waals surface area contributed by atoms with Crippen LogP contribution < -0.4 is 11.2 Å². The average molecular weight is 428 g/mol. The second-order valence-corrected chi connectivity index (χ2v) is 7.76. The highest BCUT2D eigenvalue weighted by Gasteiger charge is 2.46. The molecule has 3 heterocycles. The molecule has 2 aromatic heterocycles. The maximum atomic E-state index is 12.6. The van der Waals surface area contributed by atoms with Crippen LogP contribution in [0.2, 0.25) is 0 Å². The molecule has 0 saturated carbocycles. The van der Waals surface area contributed by atoms with Crippen molar-refractivity contribution in [3.8, 4) is 0 Å². The third-order valence-electron chi connectivity index (χ3n) is 5.52. The van der Waals surface area contributed by atoms with Crippen molar-refractivity contribution in [2.75, 3.05) is 19.7 Å². The number of carbonyl (C=O) groups excluding carboxylic acids is 1. The maximum absolute atomic E-state index is 12.6. The number of carbonyl (C=O) groups is 1. The molecular formula is C20H24N6O5. The van der Waals surface area contributed by atoms with Crippen molar-refractivity contribution in [1.82, 2.24) is 29.4 Å². The fourth-order valence-electron chi connectivity index (χ4n) is 3.76. The molecule has 0 atom stereocenters. The van der Waals surface area contributed by atoms with E-state index in [9.17, 15) is 19.5 Å². The highest BCUT2D eigenvalue weighted by atomic mass is 16.3. The van der Waals surface area contributed by atoms with Crippen molar-refractivity contribution in [1.29, 1.82) is 0 Å². The summed E-state index contributed by atoms with van der Waals surface area (Å²) in [6, 6.07) is 6.73. The Morgan fingerprint density at radius 1 is 1.16 bits per heavy atom. The molecule has 11 heteroatoms. The molecule has 3 aromatic rings.